The van der Waals surface area contributed by atoms with E-state index in [9.17, 15) is 14.7 Å². The molecular formula is C15H22N2O4. The largest absolute Gasteiger partial charge is 0.479 e. The number of carboxylic acid groups (broad SMARTS) is 1. The molecule has 0 aliphatic rings. The molecule has 0 aliphatic heterocycles. The Labute approximate surface area is 124 Å². The van der Waals surface area contributed by atoms with E-state index < -0.39 is 23.2 Å². The molecule has 4 N–H and O–H groups in total. The maximum atomic E-state index is 11.9. The van der Waals surface area contributed by atoms with Gasteiger partial charge in [-0.15, -0.1) is 0 Å². The molecule has 0 aliphatic carbocycles. The normalized spacial score (nSPS) is 14.1. The minimum Gasteiger partial charge on any atom is -0.479 e. The maximum absolute atomic E-state index is 11.9. The van der Waals surface area contributed by atoms with Gasteiger partial charge in [-0.2, -0.15) is 0 Å². The number of carbonyl (C=O) groups excluding carboxylic acids is 1. The molecule has 1 amide bonds. The van der Waals surface area contributed by atoms with Gasteiger partial charge in [0, 0.05) is 13.0 Å². The molecule has 0 radical (unpaired) electrons. The van der Waals surface area contributed by atoms with Crippen LogP contribution in [0.1, 0.15) is 26.3 Å². The minimum atomic E-state index is -1.59. The maximum Gasteiger partial charge on any atom is 0.408 e. The second kappa shape index (κ2) is 6.58. The van der Waals surface area contributed by atoms with Crippen LogP contribution < -0.4 is 11.1 Å². The average molecular weight is 294 g/mol. The standard InChI is InChI=1S/C15H22N2O4/c1-14(2,3)21-13(20)17-15(10-16,12(18)19)9-11-7-5-4-6-8-11/h4-8H,9-10,16H2,1-3H3,(H,17,20)(H,18,19)/t15-/m0/s1. The molecular weight excluding hydrogens is 272 g/mol. The Kier molecular flexibility index (Phi) is 5.32. The van der Waals surface area contributed by atoms with Gasteiger partial charge in [-0.3, -0.25) is 0 Å². The summed E-state index contributed by atoms with van der Waals surface area (Å²) in [4.78, 5) is 23.5. The molecule has 21 heavy (non-hydrogen) atoms. The van der Waals surface area contributed by atoms with E-state index in [-0.39, 0.29) is 13.0 Å². The van der Waals surface area contributed by atoms with E-state index in [1.165, 1.54) is 0 Å². The predicted octanol–water partition coefficient (Wildman–Crippen LogP) is 1.54. The molecule has 0 spiro atoms. The third-order valence-electron chi connectivity index (χ3n) is 2.85. The molecule has 0 heterocycles. The summed E-state index contributed by atoms with van der Waals surface area (Å²) in [6.45, 7) is 4.87. The molecule has 0 aromatic heterocycles. The van der Waals surface area contributed by atoms with E-state index in [1.54, 1.807) is 45.0 Å². The molecule has 1 aromatic rings. The summed E-state index contributed by atoms with van der Waals surface area (Å²) in [5.41, 5.74) is 4.08. The van der Waals surface area contributed by atoms with Crippen molar-refractivity contribution in [1.29, 1.82) is 0 Å². The van der Waals surface area contributed by atoms with E-state index >= 15 is 0 Å². The van der Waals surface area contributed by atoms with Crippen LogP contribution >= 0.6 is 0 Å². The number of amides is 1. The molecule has 0 unspecified atom stereocenters. The van der Waals surface area contributed by atoms with Crippen LogP contribution in [0.4, 0.5) is 4.79 Å². The Hall–Kier alpha value is -2.08. The minimum absolute atomic E-state index is 0.0823. The van der Waals surface area contributed by atoms with Crippen molar-refractivity contribution in [2.75, 3.05) is 6.54 Å². The fourth-order valence-electron chi connectivity index (χ4n) is 1.83. The van der Waals surface area contributed by atoms with Crippen LogP contribution in [0, 0.1) is 0 Å². The van der Waals surface area contributed by atoms with Crippen LogP contribution in [0.2, 0.25) is 0 Å². The summed E-state index contributed by atoms with van der Waals surface area (Å²) in [7, 11) is 0. The number of hydrogen-bond acceptors (Lipinski definition) is 4. The Morgan fingerprint density at radius 2 is 1.81 bits per heavy atom. The van der Waals surface area contributed by atoms with Gasteiger partial charge in [-0.1, -0.05) is 30.3 Å². The van der Waals surface area contributed by atoms with Crippen molar-refractivity contribution in [2.45, 2.75) is 38.3 Å². The average Bonchev–Trinajstić information content (AvgIpc) is 2.36. The van der Waals surface area contributed by atoms with Gasteiger partial charge in [-0.25, -0.2) is 9.59 Å². The molecule has 0 bridgehead atoms. The van der Waals surface area contributed by atoms with Gasteiger partial charge in [0.15, 0.2) is 5.54 Å². The van der Waals surface area contributed by atoms with Crippen molar-refractivity contribution in [3.8, 4) is 0 Å². The second-order valence-corrected chi connectivity index (χ2v) is 5.88. The molecule has 1 rings (SSSR count). The predicted molar refractivity (Wildman–Crippen MR) is 78.9 cm³/mol. The number of hydrogen-bond donors (Lipinski definition) is 3. The van der Waals surface area contributed by atoms with Gasteiger partial charge in [0.25, 0.3) is 0 Å². The lowest BCUT2D eigenvalue weighted by molar-refractivity contribution is -0.144. The molecule has 6 heteroatoms. The van der Waals surface area contributed by atoms with E-state index in [2.05, 4.69) is 5.32 Å². The van der Waals surface area contributed by atoms with E-state index in [1.807, 2.05) is 6.07 Å². The number of nitrogens with two attached hydrogens (primary N) is 1. The van der Waals surface area contributed by atoms with Crippen LogP contribution in [0.3, 0.4) is 0 Å². The fourth-order valence-corrected chi connectivity index (χ4v) is 1.83. The molecule has 6 nitrogen and oxygen atoms in total. The first-order valence-corrected chi connectivity index (χ1v) is 6.67. The third kappa shape index (κ3) is 5.07. The smallest absolute Gasteiger partial charge is 0.408 e. The highest BCUT2D eigenvalue weighted by atomic mass is 16.6. The number of rotatable bonds is 5. The fraction of sp³-hybridized carbons (Fsp3) is 0.467. The van der Waals surface area contributed by atoms with E-state index in [4.69, 9.17) is 10.5 Å². The Morgan fingerprint density at radius 1 is 1.24 bits per heavy atom. The number of nitrogens with one attached hydrogen (secondary N) is 1. The SMILES string of the molecule is CC(C)(C)OC(=O)N[C@](CN)(Cc1ccccc1)C(=O)O. The Morgan fingerprint density at radius 3 is 2.24 bits per heavy atom. The molecule has 116 valence electrons. The molecule has 1 atom stereocenters. The first-order valence-electron chi connectivity index (χ1n) is 6.67. The van der Waals surface area contributed by atoms with Crippen molar-refractivity contribution in [2.24, 2.45) is 5.73 Å². The zero-order valence-electron chi connectivity index (χ0n) is 12.6. The van der Waals surface area contributed by atoms with Crippen molar-refractivity contribution < 1.29 is 19.4 Å². The summed E-state index contributed by atoms with van der Waals surface area (Å²) in [6, 6.07) is 8.99. The summed E-state index contributed by atoms with van der Waals surface area (Å²) >= 11 is 0. The zero-order chi connectivity index (χ0) is 16.1. The number of aliphatic carboxylic acids is 1. The summed E-state index contributed by atoms with van der Waals surface area (Å²) < 4.78 is 5.11. The van der Waals surface area contributed by atoms with Gasteiger partial charge < -0.3 is 20.9 Å². The Bertz CT molecular complexity index is 496. The van der Waals surface area contributed by atoms with Gasteiger partial charge in [-0.05, 0) is 26.3 Å². The van der Waals surface area contributed by atoms with Crippen molar-refractivity contribution in [3.63, 3.8) is 0 Å². The molecule has 0 fully saturated rings. The first-order chi connectivity index (χ1) is 9.68. The zero-order valence-corrected chi connectivity index (χ0v) is 12.6. The van der Waals surface area contributed by atoms with Crippen molar-refractivity contribution in [1.82, 2.24) is 5.32 Å². The highest BCUT2D eigenvalue weighted by Crippen LogP contribution is 2.15. The summed E-state index contributed by atoms with van der Waals surface area (Å²) in [5, 5.41) is 11.9. The van der Waals surface area contributed by atoms with Gasteiger partial charge in [0.05, 0.1) is 0 Å². The third-order valence-corrected chi connectivity index (χ3v) is 2.85. The highest BCUT2D eigenvalue weighted by Gasteiger charge is 2.40. The number of alkyl carbamates (subject to hydrolysis) is 1. The lowest BCUT2D eigenvalue weighted by Gasteiger charge is -2.30. The number of ether oxygens (including phenoxy) is 1. The van der Waals surface area contributed by atoms with Crippen molar-refractivity contribution in [3.05, 3.63) is 35.9 Å². The Balaban J connectivity index is 2.94. The summed E-state index contributed by atoms with van der Waals surface area (Å²) in [6.07, 6.45) is -0.717. The van der Waals surface area contributed by atoms with Crippen LogP contribution in [0.5, 0.6) is 0 Å². The lowest BCUT2D eigenvalue weighted by Crippen LogP contribution is -2.61. The molecule has 0 saturated carbocycles. The van der Waals surface area contributed by atoms with Gasteiger partial charge >= 0.3 is 12.1 Å². The van der Waals surface area contributed by atoms with Crippen LogP contribution in [0.15, 0.2) is 30.3 Å². The van der Waals surface area contributed by atoms with E-state index in [0.29, 0.717) is 0 Å². The number of carboxylic acids is 1. The number of benzene rings is 1. The molecule has 0 saturated heterocycles. The quantitative estimate of drug-likeness (QED) is 0.764. The van der Waals surface area contributed by atoms with Gasteiger partial charge in [0.1, 0.15) is 5.60 Å². The first kappa shape index (κ1) is 17.0. The van der Waals surface area contributed by atoms with Crippen LogP contribution in [0.25, 0.3) is 0 Å². The monoisotopic (exact) mass is 294 g/mol. The second-order valence-electron chi connectivity index (χ2n) is 5.88. The highest BCUT2D eigenvalue weighted by molar-refractivity contribution is 5.85. The molecule has 1 aromatic carbocycles. The lowest BCUT2D eigenvalue weighted by atomic mass is 9.91. The van der Waals surface area contributed by atoms with Crippen molar-refractivity contribution >= 4 is 12.1 Å². The topological polar surface area (TPSA) is 102 Å². The van der Waals surface area contributed by atoms with Gasteiger partial charge in [0.2, 0.25) is 0 Å². The summed E-state index contributed by atoms with van der Waals surface area (Å²) in [5.74, 6) is -1.19. The van der Waals surface area contributed by atoms with Crippen LogP contribution in [-0.4, -0.2) is 34.9 Å². The van der Waals surface area contributed by atoms with E-state index in [0.717, 1.165) is 5.56 Å². The van der Waals surface area contributed by atoms with Crippen LogP contribution in [-0.2, 0) is 16.0 Å². The number of carbonyl (C=O) groups is 2.